The van der Waals surface area contributed by atoms with E-state index in [1.54, 1.807) is 12.1 Å². The summed E-state index contributed by atoms with van der Waals surface area (Å²) < 4.78 is 58.2. The molecule has 0 aliphatic carbocycles. The molecule has 0 spiro atoms. The lowest BCUT2D eigenvalue weighted by molar-refractivity contribution is -0.384. The predicted octanol–water partition coefficient (Wildman–Crippen LogP) is 5.05. The fourth-order valence-corrected chi connectivity index (χ4v) is 2.73. The van der Waals surface area contributed by atoms with Crippen LogP contribution < -0.4 is 10.1 Å². The van der Waals surface area contributed by atoms with E-state index < -0.39 is 46.8 Å². The molecule has 0 aliphatic rings. The molecule has 32 heavy (non-hydrogen) atoms. The quantitative estimate of drug-likeness (QED) is 0.290. The number of alkyl halides is 4. The van der Waals surface area contributed by atoms with Gasteiger partial charge in [0.05, 0.1) is 22.9 Å². The van der Waals surface area contributed by atoms with Crippen LogP contribution in [-0.4, -0.2) is 25.6 Å². The van der Waals surface area contributed by atoms with Crippen LogP contribution >= 0.6 is 0 Å². The number of nitrogens with zero attached hydrogens (tertiary/aromatic N) is 4. The molecule has 1 atom stereocenters. The number of carbonyl (C=O) groups is 1. The number of benzene rings is 1. The topological polar surface area (TPSA) is 112 Å². The first-order valence-electron chi connectivity index (χ1n) is 8.99. The number of rotatable bonds is 8. The van der Waals surface area contributed by atoms with E-state index in [2.05, 4.69) is 15.4 Å². The van der Waals surface area contributed by atoms with Gasteiger partial charge in [-0.05, 0) is 25.1 Å². The minimum atomic E-state index is -3.15. The van der Waals surface area contributed by atoms with Gasteiger partial charge in [-0.2, -0.15) is 5.10 Å². The molecule has 3 aromatic rings. The average molecular weight is 453 g/mol. The molecule has 0 fully saturated rings. The van der Waals surface area contributed by atoms with Gasteiger partial charge in [0, 0.05) is 18.3 Å². The highest BCUT2D eigenvalue weighted by atomic mass is 19.3. The Hall–Kier alpha value is -4.03. The van der Waals surface area contributed by atoms with E-state index in [0.717, 1.165) is 12.1 Å². The molecule has 2 heterocycles. The summed E-state index contributed by atoms with van der Waals surface area (Å²) in [6.07, 6.45) is -3.39. The molecule has 2 aromatic heterocycles. The number of hydrogen-bond donors (Lipinski definition) is 1. The molecule has 0 aliphatic heterocycles. The predicted molar refractivity (Wildman–Crippen MR) is 103 cm³/mol. The SMILES string of the molecule is CC(C(=O)Nc1cc(Oc2cccnc2)cc([N+](=O)[O-])c1)n1nc(C(F)F)cc1C(F)F. The number of nitro groups is 1. The number of carbonyl (C=O) groups excluding carboxylic acids is 1. The molecule has 13 heteroatoms. The van der Waals surface area contributed by atoms with Crippen LogP contribution in [0.4, 0.5) is 28.9 Å². The Bertz CT molecular complexity index is 1120. The van der Waals surface area contributed by atoms with Crippen molar-refractivity contribution in [2.24, 2.45) is 0 Å². The number of halogens is 4. The molecule has 0 saturated carbocycles. The summed E-state index contributed by atoms with van der Waals surface area (Å²) in [6.45, 7) is 1.17. The summed E-state index contributed by atoms with van der Waals surface area (Å²) in [5, 5.41) is 17.0. The minimum Gasteiger partial charge on any atom is -0.455 e. The molecular formula is C19H15F4N5O4. The van der Waals surface area contributed by atoms with E-state index in [1.807, 2.05) is 0 Å². The normalized spacial score (nSPS) is 12.1. The van der Waals surface area contributed by atoms with Crippen molar-refractivity contribution in [1.29, 1.82) is 0 Å². The van der Waals surface area contributed by atoms with Crippen LogP contribution in [0.3, 0.4) is 0 Å². The van der Waals surface area contributed by atoms with Gasteiger partial charge in [0.15, 0.2) is 0 Å². The van der Waals surface area contributed by atoms with E-state index in [1.165, 1.54) is 25.4 Å². The summed E-state index contributed by atoms with van der Waals surface area (Å²) in [6, 6.07) is 5.64. The zero-order valence-corrected chi connectivity index (χ0v) is 16.3. The lowest BCUT2D eigenvalue weighted by Gasteiger charge is -2.16. The Balaban J connectivity index is 1.87. The fraction of sp³-hybridized carbons (Fsp3) is 0.211. The Morgan fingerprint density at radius 3 is 2.50 bits per heavy atom. The summed E-state index contributed by atoms with van der Waals surface area (Å²) in [5.41, 5.74) is -2.25. The third kappa shape index (κ3) is 5.17. The van der Waals surface area contributed by atoms with Crippen LogP contribution in [-0.2, 0) is 4.79 Å². The Morgan fingerprint density at radius 1 is 1.16 bits per heavy atom. The number of amides is 1. The van der Waals surface area contributed by atoms with Crippen molar-refractivity contribution < 1.29 is 32.0 Å². The van der Waals surface area contributed by atoms with Crippen LogP contribution in [0.25, 0.3) is 0 Å². The van der Waals surface area contributed by atoms with Crippen LogP contribution in [0.2, 0.25) is 0 Å². The number of hydrogen-bond acceptors (Lipinski definition) is 6. The molecule has 1 amide bonds. The Kier molecular flexibility index (Phi) is 6.66. The molecule has 0 radical (unpaired) electrons. The second-order valence-corrected chi connectivity index (χ2v) is 6.47. The second-order valence-electron chi connectivity index (χ2n) is 6.47. The molecule has 0 saturated heterocycles. The zero-order chi connectivity index (χ0) is 23.4. The number of non-ortho nitro benzene ring substituents is 1. The molecular weight excluding hydrogens is 438 g/mol. The van der Waals surface area contributed by atoms with E-state index in [-0.39, 0.29) is 17.2 Å². The number of nitro benzene ring substituents is 1. The Labute approximate surface area is 177 Å². The van der Waals surface area contributed by atoms with E-state index in [4.69, 9.17) is 4.74 Å². The highest BCUT2D eigenvalue weighted by Gasteiger charge is 2.27. The second kappa shape index (κ2) is 9.41. The highest BCUT2D eigenvalue weighted by molar-refractivity contribution is 5.94. The first-order chi connectivity index (χ1) is 15.2. The van der Waals surface area contributed by atoms with Gasteiger partial charge in [-0.25, -0.2) is 17.6 Å². The monoisotopic (exact) mass is 453 g/mol. The number of ether oxygens (including phenoxy) is 1. The first-order valence-corrected chi connectivity index (χ1v) is 8.99. The number of aromatic nitrogens is 3. The van der Waals surface area contributed by atoms with Crippen molar-refractivity contribution in [3.8, 4) is 11.5 Å². The van der Waals surface area contributed by atoms with Crippen molar-refractivity contribution in [2.45, 2.75) is 25.8 Å². The maximum atomic E-state index is 13.2. The number of anilines is 1. The van der Waals surface area contributed by atoms with Crippen molar-refractivity contribution in [3.05, 3.63) is 70.3 Å². The van der Waals surface area contributed by atoms with Crippen LogP contribution in [0.5, 0.6) is 11.5 Å². The van der Waals surface area contributed by atoms with Crippen LogP contribution in [0.1, 0.15) is 37.2 Å². The van der Waals surface area contributed by atoms with Gasteiger partial charge in [0.25, 0.3) is 18.5 Å². The molecule has 1 aromatic carbocycles. The van der Waals surface area contributed by atoms with Crippen LogP contribution in [0.15, 0.2) is 48.8 Å². The molecule has 3 rings (SSSR count). The largest absolute Gasteiger partial charge is 0.455 e. The third-order valence-corrected chi connectivity index (χ3v) is 4.22. The van der Waals surface area contributed by atoms with E-state index >= 15 is 0 Å². The molecule has 9 nitrogen and oxygen atoms in total. The molecule has 168 valence electrons. The van der Waals surface area contributed by atoms with E-state index in [9.17, 15) is 32.5 Å². The standard InChI is InChI=1S/C19H15F4N5O4/c1-10(27-16(18(22)23)8-15(26-27)17(20)21)19(29)25-11-5-12(28(30)31)7-14(6-11)32-13-3-2-4-24-9-13/h2-10,17-18H,1H3,(H,25,29). The van der Waals surface area contributed by atoms with Gasteiger partial charge in [-0.1, -0.05) is 0 Å². The van der Waals surface area contributed by atoms with Crippen molar-refractivity contribution in [3.63, 3.8) is 0 Å². The number of pyridine rings is 1. The summed E-state index contributed by atoms with van der Waals surface area (Å²) in [4.78, 5) is 27.0. The maximum Gasteiger partial charge on any atom is 0.282 e. The third-order valence-electron chi connectivity index (χ3n) is 4.22. The maximum absolute atomic E-state index is 13.2. The smallest absolute Gasteiger partial charge is 0.282 e. The minimum absolute atomic E-state index is 0.00231. The van der Waals surface area contributed by atoms with Gasteiger partial charge in [-0.15, -0.1) is 0 Å². The highest BCUT2D eigenvalue weighted by Crippen LogP contribution is 2.31. The van der Waals surface area contributed by atoms with Crippen molar-refractivity contribution in [1.82, 2.24) is 14.8 Å². The van der Waals surface area contributed by atoms with E-state index in [0.29, 0.717) is 10.7 Å². The van der Waals surface area contributed by atoms with Gasteiger partial charge in [-0.3, -0.25) is 24.6 Å². The molecule has 1 N–H and O–H groups in total. The summed E-state index contributed by atoms with van der Waals surface area (Å²) in [7, 11) is 0. The van der Waals surface area contributed by atoms with Crippen molar-refractivity contribution >= 4 is 17.3 Å². The summed E-state index contributed by atoms with van der Waals surface area (Å²) >= 11 is 0. The van der Waals surface area contributed by atoms with Gasteiger partial charge in [0.1, 0.15) is 28.9 Å². The van der Waals surface area contributed by atoms with Crippen LogP contribution in [0, 0.1) is 10.1 Å². The first kappa shape index (κ1) is 22.7. The summed E-state index contributed by atoms with van der Waals surface area (Å²) in [5.74, 6) is -0.637. The zero-order valence-electron chi connectivity index (χ0n) is 16.3. The molecule has 1 unspecified atom stereocenters. The average Bonchev–Trinajstić information content (AvgIpc) is 3.20. The van der Waals surface area contributed by atoms with Gasteiger partial charge < -0.3 is 10.1 Å². The van der Waals surface area contributed by atoms with Gasteiger partial charge >= 0.3 is 0 Å². The fourth-order valence-electron chi connectivity index (χ4n) is 2.73. The molecule has 0 bridgehead atoms. The van der Waals surface area contributed by atoms with Crippen molar-refractivity contribution in [2.75, 3.05) is 5.32 Å². The number of nitrogens with one attached hydrogen (secondary N) is 1. The van der Waals surface area contributed by atoms with Gasteiger partial charge in [0.2, 0.25) is 5.91 Å². The Morgan fingerprint density at radius 2 is 1.91 bits per heavy atom. The lowest BCUT2D eigenvalue weighted by atomic mass is 10.2. The lowest BCUT2D eigenvalue weighted by Crippen LogP contribution is -2.26.